The molecule has 1 heterocycles. The summed E-state index contributed by atoms with van der Waals surface area (Å²) >= 11 is 5.48. The van der Waals surface area contributed by atoms with E-state index in [1.807, 2.05) is 0 Å². The Balaban J connectivity index is 1.29. The van der Waals surface area contributed by atoms with E-state index in [4.69, 9.17) is 12.2 Å². The van der Waals surface area contributed by atoms with Gasteiger partial charge in [0.25, 0.3) is 0 Å². The van der Waals surface area contributed by atoms with Crippen LogP contribution in [-0.2, 0) is 4.79 Å². The van der Waals surface area contributed by atoms with Gasteiger partial charge in [-0.05, 0) is 136 Å². The maximum absolute atomic E-state index is 13.4. The third-order valence-electron chi connectivity index (χ3n) is 10.3. The molecule has 9 rings (SSSR count). The van der Waals surface area contributed by atoms with Crippen molar-refractivity contribution in [3.8, 4) is 0 Å². The first-order valence-electron chi connectivity index (χ1n) is 12.3. The molecule has 8 saturated carbocycles. The van der Waals surface area contributed by atoms with Gasteiger partial charge in [-0.1, -0.05) is 6.08 Å². The maximum atomic E-state index is 13.4. The van der Waals surface area contributed by atoms with Crippen LogP contribution in [0.15, 0.2) is 11.8 Å². The van der Waals surface area contributed by atoms with Crippen LogP contribution in [0.1, 0.15) is 77.0 Å². The number of amides is 1. The van der Waals surface area contributed by atoms with Gasteiger partial charge in [0, 0.05) is 5.70 Å². The molecule has 2 N–H and O–H groups in total. The van der Waals surface area contributed by atoms with E-state index >= 15 is 0 Å². The van der Waals surface area contributed by atoms with Crippen LogP contribution in [0.4, 0.5) is 0 Å². The lowest BCUT2D eigenvalue weighted by Crippen LogP contribution is -2.60. The van der Waals surface area contributed by atoms with E-state index < -0.39 is 0 Å². The highest BCUT2D eigenvalue weighted by atomic mass is 32.1. The Hall–Kier alpha value is -0.900. The minimum absolute atomic E-state index is 0.00982. The highest BCUT2D eigenvalue weighted by Crippen LogP contribution is 2.65. The first-order valence-corrected chi connectivity index (χ1v) is 12.7. The number of thiocarbonyl (C=S) groups is 1. The Kier molecular flexibility index (Phi) is 3.59. The second-order valence-electron chi connectivity index (χ2n) is 12.5. The molecule has 1 amide bonds. The van der Waals surface area contributed by atoms with Crippen LogP contribution in [-0.4, -0.2) is 11.0 Å². The summed E-state index contributed by atoms with van der Waals surface area (Å²) in [4.78, 5) is 13.4. The molecule has 0 aromatic heterocycles. The van der Waals surface area contributed by atoms with Crippen LogP contribution >= 0.6 is 12.2 Å². The van der Waals surface area contributed by atoms with Crippen molar-refractivity contribution in [3.05, 3.63) is 11.8 Å². The number of rotatable bonds is 2. The predicted octanol–water partition coefficient (Wildman–Crippen LogP) is 4.92. The topological polar surface area (TPSA) is 41.1 Å². The molecule has 0 aromatic rings. The Morgan fingerprint density at radius 1 is 0.724 bits per heavy atom. The SMILES string of the molecule is O=C1NC(=S)N/C(=C\C23CC4CC(CC(C4)C2)C3)C1C12CC3CC(CC(C3)C1)C2. The standard InChI is InChI=1S/C25H34N2OS/c28-22-21(25-10-17-4-18(11-25)6-19(5-17)12-25)20(26-23(29)27-22)13-24-7-14-1-15(8-24)3-16(2-14)9-24/h13-19,21H,1-12H2,(H2,26,27,28,29)/b20-13-. The molecule has 0 radical (unpaired) electrons. The van der Waals surface area contributed by atoms with Crippen molar-refractivity contribution in [3.63, 3.8) is 0 Å². The molecule has 1 aliphatic heterocycles. The minimum atomic E-state index is 0.00982. The fourth-order valence-electron chi connectivity index (χ4n) is 10.5. The molecule has 156 valence electrons. The van der Waals surface area contributed by atoms with Gasteiger partial charge in [0.1, 0.15) is 0 Å². The molecule has 8 bridgehead atoms. The third-order valence-corrected chi connectivity index (χ3v) is 10.5. The Bertz CT molecular complexity index is 743. The van der Waals surface area contributed by atoms with E-state index in [1.54, 1.807) is 0 Å². The van der Waals surface area contributed by atoms with Crippen LogP contribution in [0.3, 0.4) is 0 Å². The van der Waals surface area contributed by atoms with Gasteiger partial charge in [-0.25, -0.2) is 0 Å². The number of hydrogen-bond acceptors (Lipinski definition) is 2. The summed E-state index contributed by atoms with van der Waals surface area (Å²) in [6.07, 6.45) is 19.1. The third kappa shape index (κ3) is 2.66. The molecule has 9 fully saturated rings. The van der Waals surface area contributed by atoms with Gasteiger partial charge in [-0.15, -0.1) is 0 Å². The smallest absolute Gasteiger partial charge is 0.235 e. The van der Waals surface area contributed by atoms with E-state index in [2.05, 4.69) is 16.7 Å². The Morgan fingerprint density at radius 3 is 1.66 bits per heavy atom. The highest BCUT2D eigenvalue weighted by Gasteiger charge is 2.58. The van der Waals surface area contributed by atoms with E-state index in [-0.39, 0.29) is 17.2 Å². The van der Waals surface area contributed by atoms with Gasteiger partial charge in [0.15, 0.2) is 5.11 Å². The molecule has 1 unspecified atom stereocenters. The van der Waals surface area contributed by atoms with Gasteiger partial charge in [-0.3, -0.25) is 4.79 Å². The first-order chi connectivity index (χ1) is 14.0. The summed E-state index contributed by atoms with van der Waals surface area (Å²) in [6, 6.07) is 0. The molecule has 4 heteroatoms. The van der Waals surface area contributed by atoms with Gasteiger partial charge in [-0.2, -0.15) is 0 Å². The summed E-state index contributed by atoms with van der Waals surface area (Å²) in [5.41, 5.74) is 1.74. The van der Waals surface area contributed by atoms with Crippen molar-refractivity contribution in [1.82, 2.24) is 10.6 Å². The maximum Gasteiger partial charge on any atom is 0.235 e. The average Bonchev–Trinajstić information content (AvgIpc) is 2.57. The van der Waals surface area contributed by atoms with Crippen molar-refractivity contribution < 1.29 is 4.79 Å². The van der Waals surface area contributed by atoms with Gasteiger partial charge >= 0.3 is 0 Å². The molecule has 0 spiro atoms. The summed E-state index contributed by atoms with van der Waals surface area (Å²) in [7, 11) is 0. The van der Waals surface area contributed by atoms with E-state index in [0.29, 0.717) is 10.5 Å². The summed E-state index contributed by atoms with van der Waals surface area (Å²) in [6.45, 7) is 0. The van der Waals surface area contributed by atoms with Gasteiger partial charge in [0.05, 0.1) is 5.92 Å². The average molecular weight is 411 g/mol. The van der Waals surface area contributed by atoms with Crippen LogP contribution in [0.25, 0.3) is 0 Å². The zero-order valence-electron chi connectivity index (χ0n) is 17.4. The number of allylic oxidation sites excluding steroid dienone is 1. The second kappa shape index (κ2) is 5.87. The first kappa shape index (κ1) is 17.7. The van der Waals surface area contributed by atoms with Crippen molar-refractivity contribution in [1.29, 1.82) is 0 Å². The fraction of sp³-hybridized carbons (Fsp3) is 0.840. The van der Waals surface area contributed by atoms with E-state index in [9.17, 15) is 4.79 Å². The molecule has 0 aromatic carbocycles. The van der Waals surface area contributed by atoms with Crippen LogP contribution in [0.2, 0.25) is 0 Å². The monoisotopic (exact) mass is 410 g/mol. The summed E-state index contributed by atoms with van der Waals surface area (Å²) in [5.74, 6) is 5.60. The van der Waals surface area contributed by atoms with Crippen molar-refractivity contribution in [2.75, 3.05) is 0 Å². The Morgan fingerprint density at radius 2 is 1.17 bits per heavy atom. The molecular weight excluding hydrogens is 376 g/mol. The number of carbonyl (C=O) groups excluding carboxylic acids is 1. The molecule has 8 aliphatic carbocycles. The molecule has 29 heavy (non-hydrogen) atoms. The fourth-order valence-corrected chi connectivity index (χ4v) is 10.7. The number of nitrogens with one attached hydrogen (secondary N) is 2. The van der Waals surface area contributed by atoms with E-state index in [0.717, 1.165) is 35.5 Å². The largest absolute Gasteiger partial charge is 0.336 e. The molecular formula is C25H34N2OS. The second-order valence-corrected chi connectivity index (χ2v) is 12.9. The number of carbonyl (C=O) groups is 1. The lowest BCUT2D eigenvalue weighted by atomic mass is 9.45. The molecule has 9 aliphatic rings. The summed E-state index contributed by atoms with van der Waals surface area (Å²) < 4.78 is 0. The zero-order valence-corrected chi connectivity index (χ0v) is 18.2. The van der Waals surface area contributed by atoms with Crippen LogP contribution < -0.4 is 10.6 Å². The van der Waals surface area contributed by atoms with Crippen molar-refractivity contribution >= 4 is 23.2 Å². The molecule has 3 nitrogen and oxygen atoms in total. The summed E-state index contributed by atoms with van der Waals surface area (Å²) in [5, 5.41) is 7.12. The van der Waals surface area contributed by atoms with Crippen molar-refractivity contribution in [2.45, 2.75) is 77.0 Å². The van der Waals surface area contributed by atoms with Gasteiger partial charge in [0.2, 0.25) is 5.91 Å². The van der Waals surface area contributed by atoms with Crippen LogP contribution in [0, 0.1) is 52.3 Å². The lowest BCUT2D eigenvalue weighted by Gasteiger charge is -2.60. The van der Waals surface area contributed by atoms with Crippen LogP contribution in [0.5, 0.6) is 0 Å². The molecule has 1 saturated heterocycles. The van der Waals surface area contributed by atoms with Gasteiger partial charge < -0.3 is 10.6 Å². The van der Waals surface area contributed by atoms with E-state index in [1.165, 1.54) is 82.7 Å². The Labute approximate surface area is 179 Å². The zero-order chi connectivity index (χ0) is 19.4. The minimum Gasteiger partial charge on any atom is -0.336 e. The number of hydrogen-bond donors (Lipinski definition) is 2. The predicted molar refractivity (Wildman–Crippen MR) is 117 cm³/mol. The highest BCUT2D eigenvalue weighted by molar-refractivity contribution is 7.80. The van der Waals surface area contributed by atoms with Crippen molar-refractivity contribution in [2.24, 2.45) is 52.3 Å². The normalized spacial score (nSPS) is 56.0. The lowest BCUT2D eigenvalue weighted by molar-refractivity contribution is -0.137. The molecule has 1 atom stereocenters. The quantitative estimate of drug-likeness (QED) is 0.635.